The summed E-state index contributed by atoms with van der Waals surface area (Å²) in [5.41, 5.74) is 1.56. The van der Waals surface area contributed by atoms with Gasteiger partial charge in [-0.05, 0) is 51.0 Å². The predicted molar refractivity (Wildman–Crippen MR) is 118 cm³/mol. The zero-order chi connectivity index (χ0) is 22.3. The standard InChI is InChI=1S/C22H28N2O5S/c1-6-24(7-2)21(26)19-14(4)18(22(27)29-8-3)20(30-19)23-17(25)13-15-9-11-16(28-5)12-10-15/h9-12H,6-8,13H2,1-5H3,(H,23,25). The van der Waals surface area contributed by atoms with Gasteiger partial charge < -0.3 is 19.7 Å². The molecule has 1 heterocycles. The summed E-state index contributed by atoms with van der Waals surface area (Å²) in [5.74, 6) is -0.292. The fraction of sp³-hybridized carbons (Fsp3) is 0.409. The molecule has 2 rings (SSSR count). The van der Waals surface area contributed by atoms with Crippen LogP contribution in [0.15, 0.2) is 24.3 Å². The summed E-state index contributed by atoms with van der Waals surface area (Å²) in [7, 11) is 1.58. The minimum Gasteiger partial charge on any atom is -0.497 e. The second kappa shape index (κ2) is 10.8. The minimum absolute atomic E-state index is 0.128. The van der Waals surface area contributed by atoms with E-state index in [1.54, 1.807) is 50.1 Å². The van der Waals surface area contributed by atoms with Crippen LogP contribution in [0.5, 0.6) is 5.75 Å². The zero-order valence-corrected chi connectivity index (χ0v) is 18.9. The van der Waals surface area contributed by atoms with Gasteiger partial charge >= 0.3 is 5.97 Å². The lowest BCUT2D eigenvalue weighted by atomic mass is 10.1. The number of carbonyl (C=O) groups excluding carboxylic acids is 3. The Hall–Kier alpha value is -2.87. The summed E-state index contributed by atoms with van der Waals surface area (Å²) in [6.45, 7) is 8.53. The number of rotatable bonds is 9. The number of ether oxygens (including phenoxy) is 2. The molecule has 0 atom stereocenters. The van der Waals surface area contributed by atoms with Crippen LogP contribution in [0, 0.1) is 6.92 Å². The second-order valence-corrected chi connectivity index (χ2v) is 7.55. The summed E-state index contributed by atoms with van der Waals surface area (Å²) in [4.78, 5) is 40.1. The maximum Gasteiger partial charge on any atom is 0.341 e. The number of benzene rings is 1. The Morgan fingerprint density at radius 3 is 2.23 bits per heavy atom. The van der Waals surface area contributed by atoms with Crippen LogP contribution in [0.25, 0.3) is 0 Å². The van der Waals surface area contributed by atoms with Gasteiger partial charge in [0.25, 0.3) is 5.91 Å². The Balaban J connectivity index is 2.31. The summed E-state index contributed by atoms with van der Waals surface area (Å²) >= 11 is 1.11. The van der Waals surface area contributed by atoms with Gasteiger partial charge in [0.2, 0.25) is 5.91 Å². The van der Waals surface area contributed by atoms with Gasteiger partial charge in [-0.2, -0.15) is 0 Å². The molecule has 2 aromatic rings. The zero-order valence-electron chi connectivity index (χ0n) is 18.0. The van der Waals surface area contributed by atoms with E-state index in [2.05, 4.69) is 5.32 Å². The first-order valence-electron chi connectivity index (χ1n) is 9.88. The third-order valence-electron chi connectivity index (χ3n) is 4.65. The van der Waals surface area contributed by atoms with Gasteiger partial charge in [-0.3, -0.25) is 9.59 Å². The van der Waals surface area contributed by atoms with Crippen molar-refractivity contribution in [3.05, 3.63) is 45.8 Å². The molecule has 7 nitrogen and oxygen atoms in total. The van der Waals surface area contributed by atoms with Gasteiger partial charge in [0.05, 0.1) is 30.6 Å². The molecule has 0 aliphatic carbocycles. The van der Waals surface area contributed by atoms with Crippen molar-refractivity contribution in [3.63, 3.8) is 0 Å². The molecule has 8 heteroatoms. The molecule has 30 heavy (non-hydrogen) atoms. The number of thiophene rings is 1. The average Bonchev–Trinajstić information content (AvgIpc) is 3.05. The van der Waals surface area contributed by atoms with Crippen molar-refractivity contribution in [2.45, 2.75) is 34.1 Å². The first-order chi connectivity index (χ1) is 14.4. The van der Waals surface area contributed by atoms with E-state index in [0.29, 0.717) is 34.3 Å². The van der Waals surface area contributed by atoms with E-state index in [0.717, 1.165) is 16.9 Å². The molecule has 0 bridgehead atoms. The topological polar surface area (TPSA) is 84.9 Å². The van der Waals surface area contributed by atoms with Crippen molar-refractivity contribution in [3.8, 4) is 5.75 Å². The highest BCUT2D eigenvalue weighted by Crippen LogP contribution is 2.34. The van der Waals surface area contributed by atoms with Crippen LogP contribution in [0.1, 0.15) is 51.9 Å². The monoisotopic (exact) mass is 432 g/mol. The quantitative estimate of drug-likeness (QED) is 0.608. The lowest BCUT2D eigenvalue weighted by molar-refractivity contribution is -0.115. The molecule has 0 radical (unpaired) electrons. The largest absolute Gasteiger partial charge is 0.497 e. The maximum atomic E-state index is 12.9. The van der Waals surface area contributed by atoms with Crippen molar-refractivity contribution in [2.75, 3.05) is 32.1 Å². The molecular formula is C22H28N2O5S. The predicted octanol–water partition coefficient (Wildman–Crippen LogP) is 3.91. The Bertz CT molecular complexity index is 901. The molecule has 1 N–H and O–H groups in total. The molecule has 1 aromatic heterocycles. The van der Waals surface area contributed by atoms with Crippen LogP contribution in [0.2, 0.25) is 0 Å². The number of hydrogen-bond donors (Lipinski definition) is 1. The molecule has 0 aliphatic heterocycles. The summed E-state index contributed by atoms with van der Waals surface area (Å²) in [5, 5.41) is 3.13. The number of amides is 2. The number of nitrogens with one attached hydrogen (secondary N) is 1. The summed E-state index contributed by atoms with van der Waals surface area (Å²) < 4.78 is 10.3. The van der Waals surface area contributed by atoms with Crippen molar-refractivity contribution in [1.29, 1.82) is 0 Å². The molecule has 0 fully saturated rings. The van der Waals surface area contributed by atoms with Gasteiger partial charge in [0.1, 0.15) is 10.8 Å². The second-order valence-electron chi connectivity index (χ2n) is 6.53. The third-order valence-corrected chi connectivity index (χ3v) is 5.84. The van der Waals surface area contributed by atoms with E-state index in [9.17, 15) is 14.4 Å². The smallest absolute Gasteiger partial charge is 0.341 e. The highest BCUT2D eigenvalue weighted by molar-refractivity contribution is 7.18. The van der Waals surface area contributed by atoms with Gasteiger partial charge in [-0.25, -0.2) is 4.79 Å². The first kappa shape index (κ1) is 23.4. The van der Waals surface area contributed by atoms with E-state index in [1.807, 2.05) is 13.8 Å². The molecule has 2 amide bonds. The summed E-state index contributed by atoms with van der Waals surface area (Å²) in [6, 6.07) is 7.17. The van der Waals surface area contributed by atoms with Crippen LogP contribution in [0.4, 0.5) is 5.00 Å². The molecule has 1 aromatic carbocycles. The molecule has 0 saturated carbocycles. The van der Waals surface area contributed by atoms with Gasteiger partial charge in [0.15, 0.2) is 0 Å². The van der Waals surface area contributed by atoms with E-state index in [4.69, 9.17) is 9.47 Å². The number of hydrogen-bond acceptors (Lipinski definition) is 6. The van der Waals surface area contributed by atoms with Crippen molar-refractivity contribution >= 4 is 34.1 Å². The van der Waals surface area contributed by atoms with E-state index < -0.39 is 5.97 Å². The number of anilines is 1. The van der Waals surface area contributed by atoms with E-state index >= 15 is 0 Å². The van der Waals surface area contributed by atoms with Crippen LogP contribution in [-0.2, 0) is 16.0 Å². The van der Waals surface area contributed by atoms with Crippen molar-refractivity contribution in [1.82, 2.24) is 4.90 Å². The van der Waals surface area contributed by atoms with Crippen LogP contribution in [0.3, 0.4) is 0 Å². The van der Waals surface area contributed by atoms with Crippen LogP contribution >= 0.6 is 11.3 Å². The molecule has 0 spiro atoms. The van der Waals surface area contributed by atoms with Crippen LogP contribution < -0.4 is 10.1 Å². The van der Waals surface area contributed by atoms with Gasteiger partial charge in [-0.1, -0.05) is 12.1 Å². The number of nitrogens with zero attached hydrogens (tertiary/aromatic N) is 1. The highest BCUT2D eigenvalue weighted by Gasteiger charge is 2.28. The Kier molecular flexibility index (Phi) is 8.41. The fourth-order valence-electron chi connectivity index (χ4n) is 3.01. The number of methoxy groups -OCH3 is 1. The first-order valence-corrected chi connectivity index (χ1v) is 10.7. The van der Waals surface area contributed by atoms with E-state index in [-0.39, 0.29) is 30.4 Å². The molecule has 162 valence electrons. The van der Waals surface area contributed by atoms with Gasteiger partial charge in [0, 0.05) is 13.1 Å². The number of esters is 1. The van der Waals surface area contributed by atoms with Crippen molar-refractivity contribution < 1.29 is 23.9 Å². The van der Waals surface area contributed by atoms with Crippen molar-refractivity contribution in [2.24, 2.45) is 0 Å². The lowest BCUT2D eigenvalue weighted by Gasteiger charge is -2.18. The van der Waals surface area contributed by atoms with Gasteiger partial charge in [-0.15, -0.1) is 11.3 Å². The molecule has 0 saturated heterocycles. The Labute approximate surface area is 181 Å². The molecule has 0 aliphatic rings. The molecule has 0 unspecified atom stereocenters. The molecular weight excluding hydrogens is 404 g/mol. The minimum atomic E-state index is -0.551. The highest BCUT2D eigenvalue weighted by atomic mass is 32.1. The SMILES string of the molecule is CCOC(=O)c1c(NC(=O)Cc2ccc(OC)cc2)sc(C(=O)N(CC)CC)c1C. The normalized spacial score (nSPS) is 10.4. The summed E-state index contributed by atoms with van der Waals surface area (Å²) in [6.07, 6.45) is 0.128. The maximum absolute atomic E-state index is 12.9. The average molecular weight is 433 g/mol. The Morgan fingerprint density at radius 2 is 1.70 bits per heavy atom. The fourth-order valence-corrected chi connectivity index (χ4v) is 4.19. The van der Waals surface area contributed by atoms with E-state index in [1.165, 1.54) is 0 Å². The Morgan fingerprint density at radius 1 is 1.07 bits per heavy atom. The lowest BCUT2D eigenvalue weighted by Crippen LogP contribution is -2.30. The number of carbonyl (C=O) groups is 3. The van der Waals surface area contributed by atoms with Crippen LogP contribution in [-0.4, -0.2) is 49.5 Å². The third kappa shape index (κ3) is 5.38.